The van der Waals surface area contributed by atoms with Crippen molar-refractivity contribution in [3.05, 3.63) is 35.7 Å². The van der Waals surface area contributed by atoms with Crippen molar-refractivity contribution >= 4 is 17.0 Å². The maximum atomic E-state index is 12.8. The number of aromatic nitrogens is 2. The lowest BCUT2D eigenvalue weighted by Gasteiger charge is -2.08. The van der Waals surface area contributed by atoms with Crippen molar-refractivity contribution in [2.24, 2.45) is 0 Å². The van der Waals surface area contributed by atoms with E-state index in [0.717, 1.165) is 18.7 Å². The number of aryl methyl sites for hydroxylation is 1. The van der Waals surface area contributed by atoms with Crippen LogP contribution >= 0.6 is 0 Å². The predicted octanol–water partition coefficient (Wildman–Crippen LogP) is 2.40. The number of ether oxygens (including phenoxy) is 1. The summed E-state index contributed by atoms with van der Waals surface area (Å²) in [5.74, 6) is 0.380. The van der Waals surface area contributed by atoms with Gasteiger partial charge in [-0.2, -0.15) is 0 Å². The number of furan rings is 1. The van der Waals surface area contributed by atoms with Crippen LogP contribution in [0.4, 0.5) is 0 Å². The van der Waals surface area contributed by atoms with Crippen LogP contribution in [0.15, 0.2) is 33.4 Å². The Hall–Kier alpha value is -2.71. The summed E-state index contributed by atoms with van der Waals surface area (Å²) in [6.07, 6.45) is 3.18. The number of methoxy groups -OCH3 is 1. The molecule has 0 unspecified atom stereocenters. The first kappa shape index (κ1) is 19.1. The Labute approximate surface area is 157 Å². The van der Waals surface area contributed by atoms with Crippen molar-refractivity contribution in [1.82, 2.24) is 20.8 Å². The first-order valence-corrected chi connectivity index (χ1v) is 9.05. The molecule has 27 heavy (non-hydrogen) atoms. The molecule has 0 aromatic carbocycles. The van der Waals surface area contributed by atoms with Crippen molar-refractivity contribution < 1.29 is 18.5 Å². The number of pyridine rings is 1. The molecule has 144 valence electrons. The van der Waals surface area contributed by atoms with Gasteiger partial charge in [0.15, 0.2) is 5.76 Å². The number of carbonyl (C=O) groups excluding carboxylic acids is 1. The van der Waals surface area contributed by atoms with Gasteiger partial charge in [0.1, 0.15) is 5.69 Å². The van der Waals surface area contributed by atoms with Gasteiger partial charge >= 0.3 is 0 Å². The minimum Gasteiger partial charge on any atom is -0.463 e. The zero-order valence-electron chi connectivity index (χ0n) is 15.6. The van der Waals surface area contributed by atoms with Crippen LogP contribution in [0, 0.1) is 0 Å². The van der Waals surface area contributed by atoms with Crippen LogP contribution in [-0.4, -0.2) is 49.4 Å². The van der Waals surface area contributed by atoms with E-state index in [9.17, 15) is 4.79 Å². The molecule has 0 spiro atoms. The second-order valence-electron chi connectivity index (χ2n) is 6.09. The Morgan fingerprint density at radius 1 is 1.30 bits per heavy atom. The third kappa shape index (κ3) is 4.53. The third-order valence-electron chi connectivity index (χ3n) is 4.09. The number of carbonyl (C=O) groups is 1. The van der Waals surface area contributed by atoms with Gasteiger partial charge in [0.2, 0.25) is 0 Å². The molecule has 3 heterocycles. The molecule has 0 bridgehead atoms. The summed E-state index contributed by atoms with van der Waals surface area (Å²) in [7, 11) is 1.65. The highest BCUT2D eigenvalue weighted by Crippen LogP contribution is 2.28. The molecule has 1 amide bonds. The highest BCUT2D eigenvalue weighted by atomic mass is 16.5. The number of amides is 1. The fraction of sp³-hybridized carbons (Fsp3) is 0.421. The van der Waals surface area contributed by atoms with Crippen molar-refractivity contribution in [2.45, 2.75) is 19.8 Å². The lowest BCUT2D eigenvalue weighted by Crippen LogP contribution is -2.33. The zero-order valence-corrected chi connectivity index (χ0v) is 15.6. The maximum absolute atomic E-state index is 12.8. The molecule has 0 aliphatic rings. The van der Waals surface area contributed by atoms with Gasteiger partial charge in [-0.25, -0.2) is 4.98 Å². The van der Waals surface area contributed by atoms with E-state index in [1.807, 2.05) is 0 Å². The summed E-state index contributed by atoms with van der Waals surface area (Å²) in [6, 6.07) is 5.29. The molecular formula is C19H24N4O4. The van der Waals surface area contributed by atoms with Gasteiger partial charge in [-0.05, 0) is 24.6 Å². The van der Waals surface area contributed by atoms with Crippen molar-refractivity contribution in [1.29, 1.82) is 0 Å². The smallest absolute Gasteiger partial charge is 0.259 e. The van der Waals surface area contributed by atoms with E-state index >= 15 is 0 Å². The molecule has 3 aromatic rings. The van der Waals surface area contributed by atoms with E-state index in [2.05, 4.69) is 27.7 Å². The maximum Gasteiger partial charge on any atom is 0.259 e. The largest absolute Gasteiger partial charge is 0.463 e. The van der Waals surface area contributed by atoms with Gasteiger partial charge in [-0.3, -0.25) is 4.79 Å². The van der Waals surface area contributed by atoms with E-state index in [0.29, 0.717) is 54.2 Å². The van der Waals surface area contributed by atoms with Gasteiger partial charge in [0.25, 0.3) is 11.6 Å². The number of hydrogen-bond acceptors (Lipinski definition) is 7. The number of rotatable bonds is 10. The van der Waals surface area contributed by atoms with Crippen LogP contribution in [-0.2, 0) is 11.2 Å². The molecule has 0 aliphatic heterocycles. The standard InChI is InChI=1S/C19H24N4O4/c1-3-5-14-17-13(18(24)21-8-7-20-9-11-25-2)12-15(16-6-4-10-26-16)22-19(17)27-23-14/h4,6,10,12,20H,3,5,7-9,11H2,1-2H3,(H,21,24). The van der Waals surface area contributed by atoms with Crippen LogP contribution in [0.2, 0.25) is 0 Å². The minimum atomic E-state index is -0.190. The molecule has 0 atom stereocenters. The van der Waals surface area contributed by atoms with E-state index in [-0.39, 0.29) is 5.91 Å². The Morgan fingerprint density at radius 2 is 2.19 bits per heavy atom. The molecule has 2 N–H and O–H groups in total. The monoisotopic (exact) mass is 372 g/mol. The number of fused-ring (bicyclic) bond motifs is 1. The van der Waals surface area contributed by atoms with Crippen LogP contribution in [0.3, 0.4) is 0 Å². The van der Waals surface area contributed by atoms with Gasteiger partial charge in [0, 0.05) is 26.7 Å². The molecule has 3 rings (SSSR count). The highest BCUT2D eigenvalue weighted by molar-refractivity contribution is 6.06. The molecule has 0 fully saturated rings. The average molecular weight is 372 g/mol. The predicted molar refractivity (Wildman–Crippen MR) is 101 cm³/mol. The van der Waals surface area contributed by atoms with Gasteiger partial charge in [-0.1, -0.05) is 18.5 Å². The van der Waals surface area contributed by atoms with E-state index in [4.69, 9.17) is 13.7 Å². The Bertz CT molecular complexity index is 873. The second-order valence-corrected chi connectivity index (χ2v) is 6.09. The first-order valence-electron chi connectivity index (χ1n) is 9.05. The summed E-state index contributed by atoms with van der Waals surface area (Å²) < 4.78 is 15.8. The van der Waals surface area contributed by atoms with Crippen LogP contribution in [0.25, 0.3) is 22.6 Å². The SMILES string of the molecule is CCCc1noc2nc(-c3ccco3)cc(C(=O)NCCNCCOC)c12. The highest BCUT2D eigenvalue weighted by Gasteiger charge is 2.21. The lowest BCUT2D eigenvalue weighted by molar-refractivity contribution is 0.0955. The van der Waals surface area contributed by atoms with Crippen molar-refractivity contribution in [2.75, 3.05) is 33.4 Å². The molecule has 8 nitrogen and oxygen atoms in total. The molecule has 0 saturated carbocycles. The van der Waals surface area contributed by atoms with Crippen molar-refractivity contribution in [3.8, 4) is 11.5 Å². The van der Waals surface area contributed by atoms with Gasteiger partial charge in [0.05, 0.1) is 29.5 Å². The number of nitrogens with one attached hydrogen (secondary N) is 2. The zero-order chi connectivity index (χ0) is 19.1. The second kappa shape index (κ2) is 9.29. The molecule has 8 heteroatoms. The number of nitrogens with zero attached hydrogens (tertiary/aromatic N) is 2. The quantitative estimate of drug-likeness (QED) is 0.527. The molecule has 0 radical (unpaired) electrons. The topological polar surface area (TPSA) is 102 Å². The summed E-state index contributed by atoms with van der Waals surface area (Å²) in [6.45, 7) is 4.57. The van der Waals surface area contributed by atoms with E-state index in [1.165, 1.54) is 0 Å². The van der Waals surface area contributed by atoms with Crippen LogP contribution < -0.4 is 10.6 Å². The molecule has 0 aliphatic carbocycles. The normalized spacial score (nSPS) is 11.2. The van der Waals surface area contributed by atoms with E-state index < -0.39 is 0 Å². The summed E-state index contributed by atoms with van der Waals surface area (Å²) >= 11 is 0. The summed E-state index contributed by atoms with van der Waals surface area (Å²) in [4.78, 5) is 17.3. The lowest BCUT2D eigenvalue weighted by atomic mass is 10.1. The summed E-state index contributed by atoms with van der Waals surface area (Å²) in [5, 5.41) is 10.9. The van der Waals surface area contributed by atoms with Gasteiger partial charge < -0.3 is 24.3 Å². The fourth-order valence-corrected chi connectivity index (χ4v) is 2.81. The first-order chi connectivity index (χ1) is 13.2. The molecule has 0 saturated heterocycles. The van der Waals surface area contributed by atoms with Crippen LogP contribution in [0.5, 0.6) is 0 Å². The summed E-state index contributed by atoms with van der Waals surface area (Å²) in [5.41, 5.74) is 2.12. The minimum absolute atomic E-state index is 0.190. The number of hydrogen-bond donors (Lipinski definition) is 2. The van der Waals surface area contributed by atoms with Gasteiger partial charge in [-0.15, -0.1) is 0 Å². The Balaban J connectivity index is 1.84. The molecule has 3 aromatic heterocycles. The van der Waals surface area contributed by atoms with Crippen molar-refractivity contribution in [3.63, 3.8) is 0 Å². The molecular weight excluding hydrogens is 348 g/mol. The van der Waals surface area contributed by atoms with E-state index in [1.54, 1.807) is 31.6 Å². The Kier molecular flexibility index (Phi) is 6.56. The Morgan fingerprint density at radius 3 is 2.93 bits per heavy atom. The third-order valence-corrected chi connectivity index (χ3v) is 4.09. The average Bonchev–Trinajstić information content (AvgIpc) is 3.34. The fourth-order valence-electron chi connectivity index (χ4n) is 2.81. The van der Waals surface area contributed by atoms with Crippen LogP contribution in [0.1, 0.15) is 29.4 Å².